The van der Waals surface area contributed by atoms with Crippen molar-refractivity contribution in [1.82, 2.24) is 0 Å². The van der Waals surface area contributed by atoms with E-state index >= 15 is 0 Å². The van der Waals surface area contributed by atoms with Crippen LogP contribution in [0.3, 0.4) is 0 Å². The lowest BCUT2D eigenvalue weighted by atomic mass is 9.62. The molecule has 39 heavy (non-hydrogen) atoms. The Bertz CT molecular complexity index is 1770. The van der Waals surface area contributed by atoms with Crippen molar-refractivity contribution < 1.29 is 53.9 Å². The third-order valence-electron chi connectivity index (χ3n) is 6.99. The molecule has 0 bridgehead atoms. The number of carboxylic acids is 1. The maximum Gasteiger partial charge on any atom is 0.340 e. The van der Waals surface area contributed by atoms with Crippen molar-refractivity contribution >= 4 is 45.4 Å². The Labute approximate surface area is 218 Å². The minimum atomic E-state index is -1.82. The summed E-state index contributed by atoms with van der Waals surface area (Å²) in [6.07, 6.45) is -1.08. The number of phenolic OH excluding ortho intramolecular Hbond substituents is 3. The summed E-state index contributed by atoms with van der Waals surface area (Å²) in [7, 11) is 0. The Morgan fingerprint density at radius 2 is 1.64 bits per heavy atom. The number of carboxylic acid groups (broad SMARTS) is 1. The van der Waals surface area contributed by atoms with Crippen molar-refractivity contribution in [3.8, 4) is 28.7 Å². The zero-order valence-electron chi connectivity index (χ0n) is 20.4. The van der Waals surface area contributed by atoms with Gasteiger partial charge in [-0.05, 0) is 31.9 Å². The number of aromatic hydroxyl groups is 4. The zero-order valence-corrected chi connectivity index (χ0v) is 20.4. The van der Waals surface area contributed by atoms with Gasteiger partial charge in [-0.25, -0.2) is 4.79 Å². The smallest absolute Gasteiger partial charge is 0.340 e. The van der Waals surface area contributed by atoms with Gasteiger partial charge in [-0.1, -0.05) is 0 Å². The third kappa shape index (κ3) is 3.55. The maximum absolute atomic E-state index is 13.8. The summed E-state index contributed by atoms with van der Waals surface area (Å²) in [5.41, 5.74) is -4.71. The number of hydrogen-bond acceptors (Lipinski definition) is 11. The van der Waals surface area contributed by atoms with E-state index in [-0.39, 0.29) is 33.8 Å². The first-order valence-corrected chi connectivity index (χ1v) is 11.5. The highest BCUT2D eigenvalue weighted by molar-refractivity contribution is 6.31. The molecule has 2 heterocycles. The number of aromatic carboxylic acids is 1. The summed E-state index contributed by atoms with van der Waals surface area (Å²) >= 11 is 0. The van der Waals surface area contributed by atoms with Crippen molar-refractivity contribution in [2.24, 2.45) is 5.41 Å². The Morgan fingerprint density at radius 3 is 2.26 bits per heavy atom. The quantitative estimate of drug-likeness (QED) is 0.235. The molecule has 1 aromatic heterocycles. The average molecular weight is 536 g/mol. The minimum Gasteiger partial charge on any atom is -0.504 e. The normalized spacial score (nSPS) is 17.6. The number of phenols is 4. The molecule has 1 aliphatic carbocycles. The number of hydrogen-bond donors (Lipinski definition) is 5. The molecule has 12 heteroatoms. The van der Waals surface area contributed by atoms with Crippen molar-refractivity contribution in [3.63, 3.8) is 0 Å². The SMILES string of the molecule is CC(=O)CC(=O)C12COc3cc(O)c(O)cc3C1=C(C(C)=O)c1oc3cc(O)c(O)c(C(=O)O)c3c(=O)c1C2. The van der Waals surface area contributed by atoms with Crippen LogP contribution in [-0.4, -0.2) is 55.5 Å². The van der Waals surface area contributed by atoms with Crippen LogP contribution in [0.4, 0.5) is 0 Å². The van der Waals surface area contributed by atoms with Crippen molar-refractivity contribution in [2.45, 2.75) is 26.7 Å². The van der Waals surface area contributed by atoms with Crippen molar-refractivity contribution in [3.05, 3.63) is 50.9 Å². The second-order valence-corrected chi connectivity index (χ2v) is 9.53. The van der Waals surface area contributed by atoms with Crippen LogP contribution in [0.15, 0.2) is 27.4 Å². The fraction of sp³-hybridized carbons (Fsp3) is 0.222. The van der Waals surface area contributed by atoms with E-state index in [1.54, 1.807) is 0 Å². The summed E-state index contributed by atoms with van der Waals surface area (Å²) in [5.74, 6) is -7.06. The van der Waals surface area contributed by atoms with Gasteiger partial charge in [0.15, 0.2) is 40.0 Å². The fourth-order valence-electron chi connectivity index (χ4n) is 5.32. The van der Waals surface area contributed by atoms with Gasteiger partial charge >= 0.3 is 5.97 Å². The molecule has 2 aromatic carbocycles. The van der Waals surface area contributed by atoms with Gasteiger partial charge in [-0.3, -0.25) is 19.2 Å². The van der Waals surface area contributed by atoms with E-state index in [1.807, 2.05) is 0 Å². The maximum atomic E-state index is 13.8. The monoisotopic (exact) mass is 536 g/mol. The number of ketones is 3. The van der Waals surface area contributed by atoms with Crippen LogP contribution in [0, 0.1) is 5.41 Å². The van der Waals surface area contributed by atoms with Crippen molar-refractivity contribution in [1.29, 1.82) is 0 Å². The second-order valence-electron chi connectivity index (χ2n) is 9.53. The largest absolute Gasteiger partial charge is 0.504 e. The van der Waals surface area contributed by atoms with Gasteiger partial charge in [-0.15, -0.1) is 0 Å². The van der Waals surface area contributed by atoms with E-state index in [4.69, 9.17) is 9.15 Å². The van der Waals surface area contributed by atoms with E-state index < -0.39 is 93.1 Å². The van der Waals surface area contributed by atoms with E-state index in [0.717, 1.165) is 25.1 Å². The molecule has 5 N–H and O–H groups in total. The van der Waals surface area contributed by atoms with E-state index in [2.05, 4.69) is 0 Å². The molecule has 0 saturated heterocycles. The van der Waals surface area contributed by atoms with E-state index in [0.29, 0.717) is 0 Å². The first-order chi connectivity index (χ1) is 18.3. The summed E-state index contributed by atoms with van der Waals surface area (Å²) in [6, 6.07) is 2.99. The lowest BCUT2D eigenvalue weighted by Gasteiger charge is -2.42. The van der Waals surface area contributed by atoms with Crippen LogP contribution in [0.25, 0.3) is 22.1 Å². The number of rotatable bonds is 5. The predicted molar refractivity (Wildman–Crippen MR) is 132 cm³/mol. The van der Waals surface area contributed by atoms with Crippen LogP contribution in [0.5, 0.6) is 28.7 Å². The van der Waals surface area contributed by atoms with E-state index in [1.165, 1.54) is 6.92 Å². The Hall–Kier alpha value is -5.13. The molecule has 12 nitrogen and oxygen atoms in total. The van der Waals surface area contributed by atoms with Gasteiger partial charge in [0.1, 0.15) is 35.0 Å². The number of Topliss-reactive ketones (excluding diaryl/α,β-unsaturated/α-hetero) is 3. The molecule has 0 amide bonds. The second kappa shape index (κ2) is 8.45. The molecule has 5 rings (SSSR count). The molecule has 1 unspecified atom stereocenters. The molecule has 0 saturated carbocycles. The molecule has 3 aromatic rings. The summed E-state index contributed by atoms with van der Waals surface area (Å²) < 4.78 is 11.6. The minimum absolute atomic E-state index is 0.00532. The number of ether oxygens (including phenoxy) is 1. The Balaban J connectivity index is 1.99. The first kappa shape index (κ1) is 25.5. The van der Waals surface area contributed by atoms with E-state index in [9.17, 15) is 49.5 Å². The molecule has 0 fully saturated rings. The highest BCUT2D eigenvalue weighted by Crippen LogP contribution is 2.56. The average Bonchev–Trinajstić information content (AvgIpc) is 2.84. The predicted octanol–water partition coefficient (Wildman–Crippen LogP) is 2.30. The number of allylic oxidation sites excluding steroid dienone is 1. The molecule has 0 spiro atoms. The fourth-order valence-corrected chi connectivity index (χ4v) is 5.32. The Kier molecular flexibility index (Phi) is 5.53. The number of fused-ring (bicyclic) bond motifs is 5. The van der Waals surface area contributed by atoms with Gasteiger partial charge in [0, 0.05) is 23.3 Å². The molecule has 1 atom stereocenters. The summed E-state index contributed by atoms with van der Waals surface area (Å²) in [6.45, 7) is 1.85. The summed E-state index contributed by atoms with van der Waals surface area (Å²) in [5, 5.41) is 49.6. The van der Waals surface area contributed by atoms with Gasteiger partial charge in [-0.2, -0.15) is 0 Å². The molecular formula is C27H20O12. The lowest BCUT2D eigenvalue weighted by molar-refractivity contribution is -0.131. The van der Waals surface area contributed by atoms with Gasteiger partial charge in [0.25, 0.3) is 0 Å². The molecular weight excluding hydrogens is 516 g/mol. The topological polar surface area (TPSA) is 209 Å². The molecule has 2 aliphatic rings. The van der Waals surface area contributed by atoms with Crippen LogP contribution < -0.4 is 10.2 Å². The summed E-state index contributed by atoms with van der Waals surface area (Å²) in [4.78, 5) is 64.6. The first-order valence-electron chi connectivity index (χ1n) is 11.5. The van der Waals surface area contributed by atoms with Crippen molar-refractivity contribution in [2.75, 3.05) is 6.61 Å². The van der Waals surface area contributed by atoms with Gasteiger partial charge in [0.2, 0.25) is 0 Å². The van der Waals surface area contributed by atoms with Gasteiger partial charge < -0.3 is 34.7 Å². The van der Waals surface area contributed by atoms with Gasteiger partial charge in [0.05, 0.1) is 22.8 Å². The highest BCUT2D eigenvalue weighted by Gasteiger charge is 2.53. The Morgan fingerprint density at radius 1 is 0.974 bits per heavy atom. The highest BCUT2D eigenvalue weighted by atomic mass is 16.5. The van der Waals surface area contributed by atoms with Crippen LogP contribution in [0.2, 0.25) is 0 Å². The zero-order chi connectivity index (χ0) is 28.5. The van der Waals surface area contributed by atoms with Crippen LogP contribution in [0.1, 0.15) is 47.5 Å². The lowest BCUT2D eigenvalue weighted by Crippen LogP contribution is -2.47. The third-order valence-corrected chi connectivity index (χ3v) is 6.99. The molecule has 0 radical (unpaired) electrons. The standard InChI is InChI=1S/C27H20O12/c1-9(28)3-18(33)27-7-12-23(34)20-17(6-15(32)24(35)21(20)26(36)37)39-25(12)19(10(2)29)22(27)11-4-13(30)14(31)5-16(11)38-8-27/h4-6,30-32,35H,3,7-8H2,1-2H3,(H,36,37). The number of carbonyl (C=O) groups excluding carboxylic acids is 3. The van der Waals surface area contributed by atoms with Crippen LogP contribution >= 0.6 is 0 Å². The number of carbonyl (C=O) groups is 4. The molecule has 200 valence electrons. The molecule has 1 aliphatic heterocycles. The number of benzene rings is 2. The van der Waals surface area contributed by atoms with Crippen LogP contribution in [-0.2, 0) is 20.8 Å².